The SMILES string of the molecule is COc1ccc(Cl)cc1-c1c(-n2cccn2)cnn1CCN1CCCC1. The number of rotatable bonds is 6. The number of methoxy groups -OCH3 is 1. The highest BCUT2D eigenvalue weighted by Gasteiger charge is 2.20. The predicted octanol–water partition coefficient (Wildman–Crippen LogP) is 3.49. The van der Waals surface area contributed by atoms with Crippen LogP contribution in [0.25, 0.3) is 16.9 Å². The first-order chi connectivity index (χ1) is 12.8. The van der Waals surface area contributed by atoms with Crippen molar-refractivity contribution < 1.29 is 4.74 Å². The van der Waals surface area contributed by atoms with Crippen LogP contribution in [0.5, 0.6) is 5.75 Å². The fraction of sp³-hybridized carbons (Fsp3) is 0.368. The molecule has 3 aromatic rings. The topological polar surface area (TPSA) is 48.1 Å². The molecule has 0 atom stereocenters. The molecule has 0 N–H and O–H groups in total. The van der Waals surface area contributed by atoms with Crippen molar-refractivity contribution in [2.24, 2.45) is 0 Å². The van der Waals surface area contributed by atoms with Crippen LogP contribution in [-0.2, 0) is 6.54 Å². The fourth-order valence-corrected chi connectivity index (χ4v) is 3.68. The highest BCUT2D eigenvalue weighted by molar-refractivity contribution is 6.31. The molecule has 4 rings (SSSR count). The lowest BCUT2D eigenvalue weighted by molar-refractivity contribution is 0.316. The molecule has 0 bridgehead atoms. The van der Waals surface area contributed by atoms with Gasteiger partial charge in [0.1, 0.15) is 11.4 Å². The molecule has 0 radical (unpaired) electrons. The van der Waals surface area contributed by atoms with E-state index in [0.717, 1.165) is 35.8 Å². The average molecular weight is 372 g/mol. The number of ether oxygens (including phenoxy) is 1. The molecular formula is C19H22ClN5O. The Hall–Kier alpha value is -2.31. The van der Waals surface area contributed by atoms with Crippen molar-refractivity contribution in [2.45, 2.75) is 19.4 Å². The van der Waals surface area contributed by atoms with E-state index in [2.05, 4.69) is 15.1 Å². The van der Waals surface area contributed by atoms with Crippen LogP contribution in [0.15, 0.2) is 42.9 Å². The summed E-state index contributed by atoms with van der Waals surface area (Å²) in [5.74, 6) is 0.769. The van der Waals surface area contributed by atoms with E-state index < -0.39 is 0 Å². The Morgan fingerprint density at radius 2 is 2.00 bits per heavy atom. The summed E-state index contributed by atoms with van der Waals surface area (Å²) in [6.07, 6.45) is 8.11. The second-order valence-electron chi connectivity index (χ2n) is 6.45. The summed E-state index contributed by atoms with van der Waals surface area (Å²) in [6.45, 7) is 4.13. The number of halogens is 1. The van der Waals surface area contributed by atoms with Crippen molar-refractivity contribution >= 4 is 11.6 Å². The standard InChI is InChI=1S/C19H22ClN5O/c1-26-18-6-5-15(20)13-16(18)19-17(24-10-4-7-21-24)14-22-25(19)12-11-23-8-2-3-9-23/h4-7,10,13-14H,2-3,8-9,11-12H2,1H3. The molecule has 0 amide bonds. The third-order valence-electron chi connectivity index (χ3n) is 4.81. The van der Waals surface area contributed by atoms with Crippen LogP contribution in [0.3, 0.4) is 0 Å². The lowest BCUT2D eigenvalue weighted by Crippen LogP contribution is -2.24. The van der Waals surface area contributed by atoms with Crippen LogP contribution < -0.4 is 4.74 Å². The van der Waals surface area contributed by atoms with Crippen LogP contribution in [0, 0.1) is 0 Å². The van der Waals surface area contributed by atoms with E-state index >= 15 is 0 Å². The molecule has 3 heterocycles. The Bertz CT molecular complexity index is 868. The van der Waals surface area contributed by atoms with E-state index in [9.17, 15) is 0 Å². The average Bonchev–Trinajstić information content (AvgIpc) is 3.40. The summed E-state index contributed by atoms with van der Waals surface area (Å²) in [6, 6.07) is 7.56. The van der Waals surface area contributed by atoms with Crippen LogP contribution in [-0.4, -0.2) is 51.2 Å². The molecule has 2 aromatic heterocycles. The molecule has 1 aliphatic heterocycles. The molecular weight excluding hydrogens is 350 g/mol. The second kappa shape index (κ2) is 7.51. The monoisotopic (exact) mass is 371 g/mol. The lowest BCUT2D eigenvalue weighted by atomic mass is 10.1. The van der Waals surface area contributed by atoms with Gasteiger partial charge in [-0.1, -0.05) is 11.6 Å². The van der Waals surface area contributed by atoms with Gasteiger partial charge in [0.25, 0.3) is 0 Å². The minimum absolute atomic E-state index is 0.666. The minimum Gasteiger partial charge on any atom is -0.496 e. The number of aromatic nitrogens is 4. The van der Waals surface area contributed by atoms with Gasteiger partial charge in [-0.3, -0.25) is 4.68 Å². The van der Waals surface area contributed by atoms with E-state index in [-0.39, 0.29) is 0 Å². The first-order valence-corrected chi connectivity index (χ1v) is 9.26. The second-order valence-corrected chi connectivity index (χ2v) is 6.88. The Morgan fingerprint density at radius 1 is 1.15 bits per heavy atom. The van der Waals surface area contributed by atoms with Crippen molar-refractivity contribution in [3.63, 3.8) is 0 Å². The maximum atomic E-state index is 6.29. The first kappa shape index (κ1) is 17.1. The van der Waals surface area contributed by atoms with Gasteiger partial charge >= 0.3 is 0 Å². The Labute approximate surface area is 157 Å². The van der Waals surface area contributed by atoms with Gasteiger partial charge in [-0.15, -0.1) is 0 Å². The molecule has 26 heavy (non-hydrogen) atoms. The first-order valence-electron chi connectivity index (χ1n) is 8.88. The van der Waals surface area contributed by atoms with Gasteiger partial charge in [-0.25, -0.2) is 4.68 Å². The summed E-state index contributed by atoms with van der Waals surface area (Å²) >= 11 is 6.29. The summed E-state index contributed by atoms with van der Waals surface area (Å²) in [5, 5.41) is 9.69. The minimum atomic E-state index is 0.666. The normalized spacial score (nSPS) is 14.8. The molecule has 1 fully saturated rings. The Morgan fingerprint density at radius 3 is 2.73 bits per heavy atom. The van der Waals surface area contributed by atoms with Crippen molar-refractivity contribution in [1.82, 2.24) is 24.5 Å². The predicted molar refractivity (Wildman–Crippen MR) is 102 cm³/mol. The molecule has 0 saturated carbocycles. The highest BCUT2D eigenvalue weighted by Crippen LogP contribution is 2.36. The molecule has 0 unspecified atom stereocenters. The zero-order valence-corrected chi connectivity index (χ0v) is 15.6. The maximum absolute atomic E-state index is 6.29. The van der Waals surface area contributed by atoms with E-state index in [1.165, 1.54) is 25.9 Å². The maximum Gasteiger partial charge on any atom is 0.128 e. The summed E-state index contributed by atoms with van der Waals surface area (Å²) in [7, 11) is 1.67. The number of hydrogen-bond acceptors (Lipinski definition) is 4. The van der Waals surface area contributed by atoms with Gasteiger partial charge < -0.3 is 9.64 Å². The fourth-order valence-electron chi connectivity index (χ4n) is 3.51. The molecule has 1 aromatic carbocycles. The van der Waals surface area contributed by atoms with Crippen molar-refractivity contribution in [2.75, 3.05) is 26.7 Å². The summed E-state index contributed by atoms with van der Waals surface area (Å²) < 4.78 is 9.45. The molecule has 0 aliphatic carbocycles. The number of benzene rings is 1. The van der Waals surface area contributed by atoms with E-state index in [1.54, 1.807) is 13.3 Å². The number of hydrogen-bond donors (Lipinski definition) is 0. The quantitative estimate of drug-likeness (QED) is 0.665. The zero-order valence-electron chi connectivity index (χ0n) is 14.8. The molecule has 1 aliphatic rings. The molecule has 7 heteroatoms. The van der Waals surface area contributed by atoms with Gasteiger partial charge in [0.05, 0.1) is 25.5 Å². The number of nitrogens with zero attached hydrogens (tertiary/aromatic N) is 5. The van der Waals surface area contributed by atoms with Gasteiger partial charge in [0.2, 0.25) is 0 Å². The Kier molecular flexibility index (Phi) is 4.95. The molecule has 6 nitrogen and oxygen atoms in total. The van der Waals surface area contributed by atoms with Gasteiger partial charge in [0.15, 0.2) is 0 Å². The Balaban J connectivity index is 1.77. The van der Waals surface area contributed by atoms with Gasteiger partial charge in [0, 0.05) is 29.5 Å². The van der Waals surface area contributed by atoms with Crippen LogP contribution in [0.1, 0.15) is 12.8 Å². The number of likely N-dealkylation sites (tertiary alicyclic amines) is 1. The van der Waals surface area contributed by atoms with Crippen molar-refractivity contribution in [3.05, 3.63) is 47.9 Å². The van der Waals surface area contributed by atoms with Crippen LogP contribution in [0.2, 0.25) is 5.02 Å². The van der Waals surface area contributed by atoms with E-state index in [4.69, 9.17) is 16.3 Å². The van der Waals surface area contributed by atoms with Gasteiger partial charge in [-0.05, 0) is 50.2 Å². The molecule has 1 saturated heterocycles. The van der Waals surface area contributed by atoms with E-state index in [1.807, 2.05) is 46.0 Å². The van der Waals surface area contributed by atoms with Crippen LogP contribution in [0.4, 0.5) is 0 Å². The molecule has 0 spiro atoms. The van der Waals surface area contributed by atoms with E-state index in [0.29, 0.717) is 5.02 Å². The lowest BCUT2D eigenvalue weighted by Gasteiger charge is -2.17. The summed E-state index contributed by atoms with van der Waals surface area (Å²) in [5.41, 5.74) is 2.80. The van der Waals surface area contributed by atoms with Crippen molar-refractivity contribution in [1.29, 1.82) is 0 Å². The van der Waals surface area contributed by atoms with Gasteiger partial charge in [-0.2, -0.15) is 10.2 Å². The zero-order chi connectivity index (χ0) is 17.9. The summed E-state index contributed by atoms with van der Waals surface area (Å²) in [4.78, 5) is 2.48. The van der Waals surface area contributed by atoms with Crippen LogP contribution >= 0.6 is 11.6 Å². The highest BCUT2D eigenvalue weighted by atomic mass is 35.5. The smallest absolute Gasteiger partial charge is 0.128 e. The third kappa shape index (κ3) is 3.34. The van der Waals surface area contributed by atoms with Crippen molar-refractivity contribution in [3.8, 4) is 22.7 Å². The largest absolute Gasteiger partial charge is 0.496 e. The third-order valence-corrected chi connectivity index (χ3v) is 5.05. The molecule has 136 valence electrons.